The number of aliphatic imine (C=N–C) groups is 1. The van der Waals surface area contributed by atoms with E-state index < -0.39 is 0 Å². The zero-order valence-electron chi connectivity index (χ0n) is 20.0. The van der Waals surface area contributed by atoms with Crippen LogP contribution in [0.5, 0.6) is 0 Å². The average molecular weight is 449 g/mol. The number of primary amides is 1. The summed E-state index contributed by atoms with van der Waals surface area (Å²) >= 11 is 0. The quantitative estimate of drug-likeness (QED) is 0.283. The number of amides is 2. The van der Waals surface area contributed by atoms with Crippen LogP contribution in [0.1, 0.15) is 71.1 Å². The normalized spacial score (nSPS) is 24.0. The molecule has 4 N–H and O–H groups in total. The smallest absolute Gasteiger partial charge is 0.225 e. The van der Waals surface area contributed by atoms with Crippen molar-refractivity contribution in [2.45, 2.75) is 77.2 Å². The van der Waals surface area contributed by atoms with Crippen molar-refractivity contribution in [3.63, 3.8) is 0 Å². The molecule has 0 aromatic rings. The lowest BCUT2D eigenvalue weighted by atomic mass is 9.88. The predicted molar refractivity (Wildman–Crippen MR) is 128 cm³/mol. The molecule has 0 spiro atoms. The Morgan fingerprint density at radius 2 is 1.72 bits per heavy atom. The summed E-state index contributed by atoms with van der Waals surface area (Å²) in [5.41, 5.74) is 5.42. The number of carbonyl (C=O) groups excluding carboxylic acids is 2. The van der Waals surface area contributed by atoms with Crippen molar-refractivity contribution < 1.29 is 9.59 Å². The molecule has 2 amide bonds. The molecule has 1 unspecified atom stereocenters. The van der Waals surface area contributed by atoms with E-state index in [1.807, 2.05) is 0 Å². The number of nitrogens with zero attached hydrogens (tertiary/aromatic N) is 3. The van der Waals surface area contributed by atoms with Gasteiger partial charge in [0.2, 0.25) is 11.8 Å². The summed E-state index contributed by atoms with van der Waals surface area (Å²) in [4.78, 5) is 33.4. The van der Waals surface area contributed by atoms with Gasteiger partial charge in [0.1, 0.15) is 0 Å². The second-order valence-corrected chi connectivity index (χ2v) is 9.74. The minimum Gasteiger partial charge on any atom is -0.369 e. The first-order chi connectivity index (χ1) is 15.6. The average Bonchev–Trinajstić information content (AvgIpc) is 3.28. The molecule has 1 aliphatic carbocycles. The van der Waals surface area contributed by atoms with E-state index in [0.717, 1.165) is 96.7 Å². The second-order valence-electron chi connectivity index (χ2n) is 9.74. The van der Waals surface area contributed by atoms with Gasteiger partial charge in [0, 0.05) is 44.1 Å². The van der Waals surface area contributed by atoms with E-state index in [0.29, 0.717) is 5.91 Å². The van der Waals surface area contributed by atoms with Gasteiger partial charge in [0.05, 0.1) is 0 Å². The van der Waals surface area contributed by atoms with Crippen molar-refractivity contribution in [2.24, 2.45) is 22.6 Å². The molecule has 3 rings (SSSR count). The van der Waals surface area contributed by atoms with Crippen molar-refractivity contribution in [1.29, 1.82) is 0 Å². The molecule has 0 radical (unpaired) electrons. The number of piperidine rings is 1. The van der Waals surface area contributed by atoms with Crippen LogP contribution in [0.25, 0.3) is 0 Å². The third-order valence-corrected chi connectivity index (χ3v) is 7.28. The van der Waals surface area contributed by atoms with Crippen LogP contribution in [0.3, 0.4) is 0 Å². The van der Waals surface area contributed by atoms with Crippen LogP contribution in [0.4, 0.5) is 0 Å². The largest absolute Gasteiger partial charge is 0.369 e. The van der Waals surface area contributed by atoms with Crippen LogP contribution >= 0.6 is 0 Å². The topological polar surface area (TPSA) is 103 Å². The number of carbonyl (C=O) groups is 2. The fraction of sp³-hybridized carbons (Fsp3) is 0.875. The van der Waals surface area contributed by atoms with Gasteiger partial charge in [-0.05, 0) is 71.5 Å². The summed E-state index contributed by atoms with van der Waals surface area (Å²) in [5, 5.41) is 6.91. The number of hydrogen-bond acceptors (Lipinski definition) is 4. The lowest BCUT2D eigenvalue weighted by Gasteiger charge is -2.30. The molecule has 182 valence electrons. The van der Waals surface area contributed by atoms with Gasteiger partial charge in [-0.3, -0.25) is 14.6 Å². The Bertz CT molecular complexity index is 626. The number of hydrogen-bond donors (Lipinski definition) is 3. The van der Waals surface area contributed by atoms with Crippen molar-refractivity contribution in [1.82, 2.24) is 20.4 Å². The minimum absolute atomic E-state index is 0.0640. The molecule has 1 atom stereocenters. The van der Waals surface area contributed by atoms with E-state index in [1.165, 1.54) is 19.3 Å². The maximum absolute atomic E-state index is 12.8. The maximum Gasteiger partial charge on any atom is 0.225 e. The molecule has 0 bridgehead atoms. The van der Waals surface area contributed by atoms with Crippen molar-refractivity contribution in [2.75, 3.05) is 45.8 Å². The maximum atomic E-state index is 12.8. The molecule has 32 heavy (non-hydrogen) atoms. The highest BCUT2D eigenvalue weighted by Gasteiger charge is 2.31. The minimum atomic E-state index is -0.147. The zero-order chi connectivity index (χ0) is 22.8. The highest BCUT2D eigenvalue weighted by Crippen LogP contribution is 2.26. The van der Waals surface area contributed by atoms with Crippen LogP contribution in [0.2, 0.25) is 0 Å². The van der Waals surface area contributed by atoms with Gasteiger partial charge in [-0.1, -0.05) is 19.3 Å². The van der Waals surface area contributed by atoms with Crippen molar-refractivity contribution in [3.05, 3.63) is 0 Å². The molecule has 2 heterocycles. The number of nitrogens with two attached hydrogens (primary N) is 1. The molecular formula is C24H44N6O2. The first-order valence-corrected chi connectivity index (χ1v) is 12.9. The molecule has 1 saturated carbocycles. The highest BCUT2D eigenvalue weighted by molar-refractivity contribution is 5.81. The summed E-state index contributed by atoms with van der Waals surface area (Å²) in [6, 6.07) is 0.284. The number of likely N-dealkylation sites (tertiary alicyclic amines) is 2. The van der Waals surface area contributed by atoms with E-state index in [-0.39, 0.29) is 23.8 Å². The fourth-order valence-corrected chi connectivity index (χ4v) is 5.28. The van der Waals surface area contributed by atoms with Crippen LogP contribution < -0.4 is 16.4 Å². The van der Waals surface area contributed by atoms with Gasteiger partial charge in [-0.15, -0.1) is 0 Å². The Labute approximate surface area is 193 Å². The Morgan fingerprint density at radius 3 is 2.41 bits per heavy atom. The van der Waals surface area contributed by atoms with Crippen LogP contribution in [-0.4, -0.2) is 79.4 Å². The summed E-state index contributed by atoms with van der Waals surface area (Å²) in [6.45, 7) is 8.37. The lowest BCUT2D eigenvalue weighted by Crippen LogP contribution is -2.45. The molecule has 0 aromatic carbocycles. The first kappa shape index (κ1) is 24.8. The summed E-state index contributed by atoms with van der Waals surface area (Å²) in [6.07, 6.45) is 10.8. The van der Waals surface area contributed by atoms with Crippen molar-refractivity contribution >= 4 is 17.8 Å². The van der Waals surface area contributed by atoms with Gasteiger partial charge in [0.15, 0.2) is 5.96 Å². The fourth-order valence-electron chi connectivity index (χ4n) is 5.28. The molecule has 8 nitrogen and oxygen atoms in total. The Hall–Kier alpha value is -1.83. The molecule has 0 aromatic heterocycles. The number of guanidine groups is 1. The van der Waals surface area contributed by atoms with Crippen molar-refractivity contribution in [3.8, 4) is 0 Å². The summed E-state index contributed by atoms with van der Waals surface area (Å²) < 4.78 is 0. The third kappa shape index (κ3) is 7.64. The zero-order valence-corrected chi connectivity index (χ0v) is 20.0. The molecule has 3 fully saturated rings. The third-order valence-electron chi connectivity index (χ3n) is 7.28. The number of rotatable bonds is 9. The van der Waals surface area contributed by atoms with E-state index in [2.05, 4.69) is 27.4 Å². The molecule has 2 aliphatic heterocycles. The van der Waals surface area contributed by atoms with E-state index in [1.54, 1.807) is 0 Å². The predicted octanol–water partition coefficient (Wildman–Crippen LogP) is 1.70. The molecule has 2 saturated heterocycles. The second kappa shape index (κ2) is 13.0. The van der Waals surface area contributed by atoms with Gasteiger partial charge >= 0.3 is 0 Å². The van der Waals surface area contributed by atoms with E-state index in [9.17, 15) is 9.59 Å². The Morgan fingerprint density at radius 1 is 0.969 bits per heavy atom. The van der Waals surface area contributed by atoms with Crippen LogP contribution in [0, 0.1) is 11.8 Å². The highest BCUT2D eigenvalue weighted by atomic mass is 16.2. The number of unbranched alkanes of at least 4 members (excludes halogenated alkanes) is 1. The molecular weight excluding hydrogens is 404 g/mol. The Kier molecular flexibility index (Phi) is 10.1. The van der Waals surface area contributed by atoms with Gasteiger partial charge in [-0.25, -0.2) is 0 Å². The van der Waals surface area contributed by atoms with Crippen LogP contribution in [-0.2, 0) is 9.59 Å². The van der Waals surface area contributed by atoms with E-state index >= 15 is 0 Å². The molecule has 8 heteroatoms. The monoisotopic (exact) mass is 448 g/mol. The Balaban J connectivity index is 1.34. The molecule has 3 aliphatic rings. The number of nitrogens with one attached hydrogen (secondary N) is 2. The summed E-state index contributed by atoms with van der Waals surface area (Å²) in [5.74, 6) is 1.41. The SMILES string of the molecule is CCNC(=NCCCCN1CCC(C(N)=O)CC1)NC1CCN(C(=O)C2CCCCC2)C1. The van der Waals surface area contributed by atoms with E-state index in [4.69, 9.17) is 10.7 Å². The van der Waals surface area contributed by atoms with Gasteiger partial charge in [-0.2, -0.15) is 0 Å². The first-order valence-electron chi connectivity index (χ1n) is 12.9. The lowest BCUT2D eigenvalue weighted by molar-refractivity contribution is -0.135. The van der Waals surface area contributed by atoms with Gasteiger partial charge < -0.3 is 26.2 Å². The van der Waals surface area contributed by atoms with Crippen LogP contribution in [0.15, 0.2) is 4.99 Å². The van der Waals surface area contributed by atoms with Gasteiger partial charge in [0.25, 0.3) is 0 Å². The standard InChI is InChI=1S/C24H44N6O2/c1-2-26-24(27-13-6-7-14-29-15-10-19(11-16-29)22(25)31)28-21-12-17-30(18-21)23(32)20-8-4-3-5-9-20/h19-21H,2-18H2,1H3,(H2,25,31)(H2,26,27,28). The summed E-state index contributed by atoms with van der Waals surface area (Å²) in [7, 11) is 0.